The third-order valence-electron chi connectivity index (χ3n) is 10.7. The number of nitrogens with zero attached hydrogens (tertiary/aromatic N) is 1. The molecule has 0 aliphatic carbocycles. The summed E-state index contributed by atoms with van der Waals surface area (Å²) in [5.41, 5.74) is 2.32. The molecule has 0 saturated carbocycles. The molecule has 1 aliphatic rings. The minimum atomic E-state index is -1.75. The zero-order valence-corrected chi connectivity index (χ0v) is 35.5. The highest BCUT2D eigenvalue weighted by Gasteiger charge is 2.46. The SMILES string of the molecule is CCCCCCCCCCCCNC[C@H](O)[C@@H](O)[C@H](O[C@@H]1O[C@H](CO)[C@H](O)[C@H](O)[C@H]1O)[C@H](O)CO.COc1ccc2c(c1)c(CC(=O)O)c(C)n2C(=O)c1ccc(Cl)cc1. The minimum absolute atomic E-state index is 0.00524. The van der Waals surface area contributed by atoms with Gasteiger partial charge in [-0.1, -0.05) is 76.3 Å². The molecule has 4 rings (SSSR count). The van der Waals surface area contributed by atoms with Gasteiger partial charge in [0.25, 0.3) is 5.91 Å². The molecular weight excluding hydrogens is 804 g/mol. The smallest absolute Gasteiger partial charge is 0.307 e. The number of hydrogen-bond acceptors (Lipinski definition) is 14. The number of carboxylic acid groups (broad SMARTS) is 1. The molecule has 1 fully saturated rings. The van der Waals surface area contributed by atoms with Crippen molar-refractivity contribution in [2.75, 3.05) is 33.4 Å². The van der Waals surface area contributed by atoms with Gasteiger partial charge in [-0.05, 0) is 67.9 Å². The monoisotopic (exact) mass is 868 g/mol. The molecule has 0 spiro atoms. The molecular formula is C43H65ClN2O14. The summed E-state index contributed by atoms with van der Waals surface area (Å²) in [7, 11) is 1.54. The number of fused-ring (bicyclic) bond motifs is 1. The standard InChI is InChI=1S/C24H49NO10.C19H16ClNO4/c1-2-3-4-5-6-7-8-9-10-11-12-25-13-16(28)19(30)23(17(29)14-26)35-24-22(33)21(32)20(31)18(15-27)34-24;1-11-15(10-18(22)23)16-9-14(25-2)7-8-17(16)21(11)19(24)12-3-5-13(20)6-4-12/h16-33H,2-15H2,1H3;3-9H,10H2,1-2H3,(H,22,23)/t16-,17+,18+,19+,20-,21-,22+,23+,24-;/m0./s1. The van der Waals surface area contributed by atoms with Gasteiger partial charge in [-0.15, -0.1) is 0 Å². The lowest BCUT2D eigenvalue weighted by atomic mass is 9.98. The second kappa shape index (κ2) is 26.3. The lowest BCUT2D eigenvalue weighted by molar-refractivity contribution is -0.327. The molecule has 0 unspecified atom stereocenters. The van der Waals surface area contributed by atoms with Gasteiger partial charge in [0, 0.05) is 28.2 Å². The molecule has 0 radical (unpaired) electrons. The summed E-state index contributed by atoms with van der Waals surface area (Å²) in [6.45, 7) is 3.12. The van der Waals surface area contributed by atoms with Gasteiger partial charge in [0.1, 0.15) is 48.5 Å². The van der Waals surface area contributed by atoms with Gasteiger partial charge >= 0.3 is 5.97 Å². The van der Waals surface area contributed by atoms with Crippen molar-refractivity contribution in [3.8, 4) is 5.75 Å². The summed E-state index contributed by atoms with van der Waals surface area (Å²) in [5.74, 6) is -0.583. The maximum atomic E-state index is 13.0. The Morgan fingerprint density at radius 1 is 0.867 bits per heavy atom. The largest absolute Gasteiger partial charge is 0.497 e. The van der Waals surface area contributed by atoms with Gasteiger partial charge in [0.15, 0.2) is 6.29 Å². The number of aliphatic hydroxyl groups excluding tert-OH is 8. The molecule has 2 heterocycles. The number of benzene rings is 2. The first kappa shape index (κ1) is 51.1. The quantitative estimate of drug-likeness (QED) is 0.0581. The van der Waals surface area contributed by atoms with E-state index >= 15 is 0 Å². The molecule has 338 valence electrons. The van der Waals surface area contributed by atoms with E-state index in [0.717, 1.165) is 19.3 Å². The van der Waals surface area contributed by atoms with Crippen LogP contribution in [0.25, 0.3) is 10.9 Å². The first-order valence-corrected chi connectivity index (χ1v) is 21.1. The van der Waals surface area contributed by atoms with E-state index in [4.69, 9.17) is 25.8 Å². The second-order valence-electron chi connectivity index (χ2n) is 15.2. The van der Waals surface area contributed by atoms with Crippen LogP contribution in [0.2, 0.25) is 5.02 Å². The number of aromatic nitrogens is 1. The maximum absolute atomic E-state index is 13.0. The number of carbonyl (C=O) groups is 2. The van der Waals surface area contributed by atoms with Crippen LogP contribution < -0.4 is 10.1 Å². The Balaban J connectivity index is 0.000000337. The van der Waals surface area contributed by atoms with Crippen LogP contribution in [0.15, 0.2) is 42.5 Å². The van der Waals surface area contributed by atoms with Crippen molar-refractivity contribution in [2.45, 2.75) is 140 Å². The van der Waals surface area contributed by atoms with E-state index in [0.29, 0.717) is 45.0 Å². The fraction of sp³-hybridized carbons (Fsp3) is 0.628. The Kier molecular flexibility index (Phi) is 22.4. The van der Waals surface area contributed by atoms with Crippen molar-refractivity contribution >= 4 is 34.4 Å². The lowest BCUT2D eigenvalue weighted by Crippen LogP contribution is -2.61. The van der Waals surface area contributed by atoms with E-state index in [-0.39, 0.29) is 18.9 Å². The number of aliphatic hydroxyl groups is 8. The lowest BCUT2D eigenvalue weighted by Gasteiger charge is -2.42. The third-order valence-corrected chi connectivity index (χ3v) is 10.9. The number of rotatable bonds is 24. The molecule has 0 bridgehead atoms. The van der Waals surface area contributed by atoms with Crippen molar-refractivity contribution in [1.82, 2.24) is 9.88 Å². The van der Waals surface area contributed by atoms with Crippen molar-refractivity contribution in [3.05, 3.63) is 64.3 Å². The fourth-order valence-electron chi connectivity index (χ4n) is 7.11. The van der Waals surface area contributed by atoms with Crippen molar-refractivity contribution in [3.63, 3.8) is 0 Å². The summed E-state index contributed by atoms with van der Waals surface area (Å²) in [6, 6.07) is 11.9. The summed E-state index contributed by atoms with van der Waals surface area (Å²) in [4.78, 5) is 24.3. The van der Waals surface area contributed by atoms with E-state index in [2.05, 4.69) is 12.2 Å². The highest BCUT2D eigenvalue weighted by atomic mass is 35.5. The summed E-state index contributed by atoms with van der Waals surface area (Å²) in [6.07, 6.45) is -2.24. The van der Waals surface area contributed by atoms with E-state index in [1.54, 1.807) is 56.5 Å². The number of halogens is 1. The van der Waals surface area contributed by atoms with Crippen molar-refractivity contribution < 1.29 is 69.8 Å². The zero-order valence-electron chi connectivity index (χ0n) is 34.7. The predicted molar refractivity (Wildman–Crippen MR) is 224 cm³/mol. The van der Waals surface area contributed by atoms with Crippen LogP contribution in [0.5, 0.6) is 5.75 Å². The number of ether oxygens (including phenoxy) is 3. The Bertz CT molecular complexity index is 1720. The van der Waals surface area contributed by atoms with Crippen LogP contribution >= 0.6 is 11.6 Å². The molecule has 3 aromatic rings. The van der Waals surface area contributed by atoms with E-state index < -0.39 is 74.3 Å². The van der Waals surface area contributed by atoms with Gasteiger partial charge in [0.2, 0.25) is 0 Å². The topological polar surface area (TPSA) is 261 Å². The van der Waals surface area contributed by atoms with Crippen LogP contribution in [0.3, 0.4) is 0 Å². The number of carboxylic acids is 1. The molecule has 2 aromatic carbocycles. The molecule has 1 saturated heterocycles. The van der Waals surface area contributed by atoms with Crippen LogP contribution in [-0.4, -0.2) is 151 Å². The number of nitrogens with one attached hydrogen (secondary N) is 1. The first-order chi connectivity index (χ1) is 28.7. The normalized spacial score (nSPS) is 21.2. The van der Waals surface area contributed by atoms with Crippen LogP contribution in [0, 0.1) is 6.92 Å². The Hall–Kier alpha value is -3.23. The molecule has 60 heavy (non-hydrogen) atoms. The van der Waals surface area contributed by atoms with E-state index in [9.17, 15) is 55.5 Å². The van der Waals surface area contributed by atoms with Gasteiger partial charge in [-0.25, -0.2) is 0 Å². The maximum Gasteiger partial charge on any atom is 0.307 e. The number of aliphatic carboxylic acids is 1. The number of carbonyl (C=O) groups excluding carboxylic acids is 1. The van der Waals surface area contributed by atoms with E-state index in [1.807, 2.05) is 0 Å². The molecule has 10 N–H and O–H groups in total. The molecule has 1 aliphatic heterocycles. The van der Waals surface area contributed by atoms with Crippen LogP contribution in [-0.2, 0) is 20.7 Å². The Morgan fingerprint density at radius 3 is 2.05 bits per heavy atom. The molecule has 17 heteroatoms. The van der Waals surface area contributed by atoms with Crippen LogP contribution in [0.4, 0.5) is 0 Å². The summed E-state index contributed by atoms with van der Waals surface area (Å²) in [5, 5.41) is 93.0. The predicted octanol–water partition coefficient (Wildman–Crippen LogP) is 2.68. The molecule has 1 aromatic heterocycles. The molecule has 9 atom stereocenters. The average Bonchev–Trinajstić information content (AvgIpc) is 3.51. The summed E-state index contributed by atoms with van der Waals surface area (Å²) >= 11 is 5.89. The van der Waals surface area contributed by atoms with Crippen molar-refractivity contribution in [1.29, 1.82) is 0 Å². The Morgan fingerprint density at radius 2 is 1.48 bits per heavy atom. The fourth-order valence-corrected chi connectivity index (χ4v) is 7.24. The van der Waals surface area contributed by atoms with Gasteiger partial charge < -0.3 is 65.5 Å². The van der Waals surface area contributed by atoms with Gasteiger partial charge in [-0.3, -0.25) is 14.2 Å². The van der Waals surface area contributed by atoms with Gasteiger partial charge in [-0.2, -0.15) is 0 Å². The molecule has 0 amide bonds. The third kappa shape index (κ3) is 14.7. The van der Waals surface area contributed by atoms with Crippen LogP contribution in [0.1, 0.15) is 92.7 Å². The number of unbranched alkanes of at least 4 members (excludes halogenated alkanes) is 9. The highest BCUT2D eigenvalue weighted by Crippen LogP contribution is 2.31. The average molecular weight is 869 g/mol. The number of hydrogen-bond donors (Lipinski definition) is 10. The van der Waals surface area contributed by atoms with E-state index in [1.165, 1.54) is 49.5 Å². The highest BCUT2D eigenvalue weighted by molar-refractivity contribution is 6.30. The summed E-state index contributed by atoms with van der Waals surface area (Å²) < 4.78 is 17.4. The van der Waals surface area contributed by atoms with Crippen molar-refractivity contribution in [2.24, 2.45) is 0 Å². The Labute approximate surface area is 356 Å². The number of methoxy groups -OCH3 is 1. The zero-order chi connectivity index (χ0) is 44.4. The molecule has 16 nitrogen and oxygen atoms in total. The minimum Gasteiger partial charge on any atom is -0.497 e. The second-order valence-corrected chi connectivity index (χ2v) is 15.6. The first-order valence-electron chi connectivity index (χ1n) is 20.7. The van der Waals surface area contributed by atoms with Gasteiger partial charge in [0.05, 0.1) is 38.4 Å².